The molecule has 1 aromatic rings. The van der Waals surface area contributed by atoms with E-state index >= 15 is 0 Å². The minimum atomic E-state index is -6.30. The van der Waals surface area contributed by atoms with Gasteiger partial charge in [0.05, 0.1) is 0 Å². The predicted octanol–water partition coefficient (Wildman–Crippen LogP) is -2.70. The Balaban J connectivity index is 0.00000361. The van der Waals surface area contributed by atoms with Crippen LogP contribution >= 0.6 is 0 Å². The summed E-state index contributed by atoms with van der Waals surface area (Å²) in [6, 6.07) is 0. The topological polar surface area (TPSA) is 87.9 Å². The van der Waals surface area contributed by atoms with Crippen LogP contribution in [0.5, 0.6) is 0 Å². The molecule has 0 fully saturated rings. The van der Waals surface area contributed by atoms with Crippen LogP contribution in [0.1, 0.15) is 0 Å². The summed E-state index contributed by atoms with van der Waals surface area (Å²) in [4.78, 5) is 1.31. The van der Waals surface area contributed by atoms with Crippen LogP contribution in [-0.2, 0) is 19.9 Å². The van der Waals surface area contributed by atoms with Crippen molar-refractivity contribution in [1.29, 1.82) is 0 Å². The van der Waals surface area contributed by atoms with Crippen molar-refractivity contribution in [2.45, 2.75) is 16.2 Å². The van der Waals surface area contributed by atoms with Crippen molar-refractivity contribution in [2.75, 3.05) is 0 Å². The first-order valence-corrected chi connectivity index (χ1v) is 6.87. The van der Waals surface area contributed by atoms with Crippen LogP contribution in [0.25, 0.3) is 0 Å². The maximum atomic E-state index is 12.2. The molecule has 0 atom stereocenters. The molecule has 110 valence electrons. The van der Waals surface area contributed by atoms with Crippen molar-refractivity contribution in [2.24, 2.45) is 0 Å². The van der Waals surface area contributed by atoms with Gasteiger partial charge in [0.15, 0.2) is 0 Å². The number of halogens is 6. The molecule has 0 aliphatic heterocycles. The molecule has 1 N–H and O–H groups in total. The maximum Gasteiger partial charge on any atom is 1.00 e. The fraction of sp³-hybridized carbons (Fsp3) is 0.400. The van der Waals surface area contributed by atoms with E-state index in [-0.39, 0.29) is 25.1 Å². The summed E-state index contributed by atoms with van der Waals surface area (Å²) < 4.78 is 116. The molecule has 0 saturated carbocycles. The number of H-pyrrole nitrogens is 1. The Morgan fingerprint density at radius 2 is 1.40 bits per heavy atom. The van der Waals surface area contributed by atoms with Gasteiger partial charge in [-0.1, -0.05) is 0 Å². The number of aromatic amines is 1. The second-order valence-electron chi connectivity index (χ2n) is 2.96. The number of hydrogen-bond donors (Lipinski definition) is 1. The third-order valence-electron chi connectivity index (χ3n) is 1.73. The van der Waals surface area contributed by atoms with Crippen molar-refractivity contribution in [3.8, 4) is 0 Å². The summed E-state index contributed by atoms with van der Waals surface area (Å²) in [7, 11) is -12.6. The Labute approximate surface area is 119 Å². The molecular formula is C5H3F6LiN2O4S2+2. The molecule has 1 rings (SSSR count). The second kappa shape index (κ2) is 5.24. The molecule has 0 aliphatic carbocycles. The Morgan fingerprint density at radius 1 is 0.950 bits per heavy atom. The van der Waals surface area contributed by atoms with E-state index in [1.165, 1.54) is 4.98 Å². The van der Waals surface area contributed by atoms with E-state index in [0.717, 1.165) is 0 Å². The van der Waals surface area contributed by atoms with Gasteiger partial charge in [-0.05, 0) is 0 Å². The molecule has 0 unspecified atom stereocenters. The summed E-state index contributed by atoms with van der Waals surface area (Å²) in [5.41, 5.74) is -11.9. The Hall–Kier alpha value is -0.713. The summed E-state index contributed by atoms with van der Waals surface area (Å²) in [6.45, 7) is 0. The number of sulfone groups is 1. The van der Waals surface area contributed by atoms with Gasteiger partial charge in [-0.15, -0.1) is 3.97 Å². The molecule has 0 radical (unpaired) electrons. The van der Waals surface area contributed by atoms with Gasteiger partial charge in [0.25, 0.3) is 0 Å². The zero-order valence-electron chi connectivity index (χ0n) is 9.32. The monoisotopic (exact) mass is 340 g/mol. The summed E-state index contributed by atoms with van der Waals surface area (Å²) in [5, 5.41) is -2.16. The van der Waals surface area contributed by atoms with Crippen molar-refractivity contribution in [3.05, 3.63) is 12.4 Å². The van der Waals surface area contributed by atoms with Crippen LogP contribution in [0.3, 0.4) is 0 Å². The SMILES string of the molecule is O=S(=O)(c1[nH]cc[n+]1S(=O)(=O)C(F)(F)F)C(F)(F)F.[Li+]. The van der Waals surface area contributed by atoms with Crippen molar-refractivity contribution in [3.63, 3.8) is 0 Å². The number of imidazole rings is 1. The standard InChI is InChI=1S/C5H2F6N2O4S2.Li/c6-4(7,8)18(14,15)3-12-1-2-13(3)19(16,17)5(9,10)11;/h1-2H;/q;+1/p+1. The van der Waals surface area contributed by atoms with E-state index < -0.39 is 40.0 Å². The van der Waals surface area contributed by atoms with Gasteiger partial charge in [-0.2, -0.15) is 34.8 Å². The van der Waals surface area contributed by atoms with Gasteiger partial charge in [-0.25, -0.2) is 13.4 Å². The molecular weight excluding hydrogens is 337 g/mol. The van der Waals surface area contributed by atoms with Crippen LogP contribution in [0, 0.1) is 0 Å². The Bertz CT molecular complexity index is 629. The zero-order chi connectivity index (χ0) is 15.3. The number of nitrogens with one attached hydrogen (secondary N) is 1. The first kappa shape index (κ1) is 19.3. The van der Waals surface area contributed by atoms with Gasteiger partial charge >= 0.3 is 54.9 Å². The van der Waals surface area contributed by atoms with Gasteiger partial charge in [0.2, 0.25) is 0 Å². The van der Waals surface area contributed by atoms with E-state index in [1.54, 1.807) is 0 Å². The molecule has 20 heavy (non-hydrogen) atoms. The average Bonchev–Trinajstić information content (AvgIpc) is 2.62. The van der Waals surface area contributed by atoms with Crippen LogP contribution in [-0.4, -0.2) is 32.8 Å². The number of hydrogen-bond acceptors (Lipinski definition) is 4. The Morgan fingerprint density at radius 3 is 1.75 bits per heavy atom. The number of aromatic nitrogens is 2. The van der Waals surface area contributed by atoms with Gasteiger partial charge < -0.3 is 0 Å². The molecule has 1 heterocycles. The van der Waals surface area contributed by atoms with Crippen LogP contribution in [0.2, 0.25) is 0 Å². The fourth-order valence-electron chi connectivity index (χ4n) is 0.914. The van der Waals surface area contributed by atoms with Crippen LogP contribution < -0.4 is 22.8 Å². The summed E-state index contributed by atoms with van der Waals surface area (Å²) in [6.07, 6.45) is 0.309. The minimum absolute atomic E-state index is 0. The average molecular weight is 340 g/mol. The molecule has 0 amide bonds. The van der Waals surface area contributed by atoms with Gasteiger partial charge in [-0.3, -0.25) is 0 Å². The number of alkyl halides is 6. The largest absolute Gasteiger partial charge is 1.00 e. The summed E-state index contributed by atoms with van der Waals surface area (Å²) >= 11 is 0. The first-order valence-electron chi connectivity index (χ1n) is 3.95. The normalized spacial score (nSPS) is 13.9. The second-order valence-corrected chi connectivity index (χ2v) is 6.62. The smallest absolute Gasteiger partial charge is 0.232 e. The van der Waals surface area contributed by atoms with Crippen LogP contribution in [0.15, 0.2) is 17.6 Å². The number of rotatable bonds is 2. The molecule has 0 aliphatic rings. The molecule has 15 heteroatoms. The van der Waals surface area contributed by atoms with Crippen LogP contribution in [0.4, 0.5) is 26.3 Å². The molecule has 1 aromatic heterocycles. The fourth-order valence-corrected chi connectivity index (χ4v) is 2.96. The van der Waals surface area contributed by atoms with E-state index in [1.807, 2.05) is 0 Å². The van der Waals surface area contributed by atoms with E-state index in [9.17, 15) is 43.2 Å². The van der Waals surface area contributed by atoms with Crippen molar-refractivity contribution >= 4 is 19.9 Å². The summed E-state index contributed by atoms with van der Waals surface area (Å²) in [5.74, 6) is 0. The van der Waals surface area contributed by atoms with E-state index in [4.69, 9.17) is 0 Å². The maximum absolute atomic E-state index is 12.2. The molecule has 0 spiro atoms. The minimum Gasteiger partial charge on any atom is -0.232 e. The molecule has 6 nitrogen and oxygen atoms in total. The molecule has 0 saturated heterocycles. The van der Waals surface area contributed by atoms with Gasteiger partial charge in [0.1, 0.15) is 12.4 Å². The number of nitrogens with zero attached hydrogens (tertiary/aromatic N) is 1. The first-order chi connectivity index (χ1) is 8.23. The third-order valence-corrected chi connectivity index (χ3v) is 4.68. The molecule has 0 aromatic carbocycles. The van der Waals surface area contributed by atoms with Gasteiger partial charge in [0, 0.05) is 0 Å². The quantitative estimate of drug-likeness (QED) is 0.361. The molecule has 0 bridgehead atoms. The third kappa shape index (κ3) is 2.97. The zero-order valence-corrected chi connectivity index (χ0v) is 11.0. The van der Waals surface area contributed by atoms with E-state index in [0.29, 0.717) is 6.20 Å². The van der Waals surface area contributed by atoms with Crippen molar-refractivity contribution < 1.29 is 66.0 Å². The van der Waals surface area contributed by atoms with E-state index in [2.05, 4.69) is 0 Å². The Kier molecular flexibility index (Phi) is 5.06. The predicted molar refractivity (Wildman–Crippen MR) is 44.6 cm³/mol. The van der Waals surface area contributed by atoms with Crippen molar-refractivity contribution in [1.82, 2.24) is 4.98 Å².